The number of carboxylic acid groups (broad SMARTS) is 1. The van der Waals surface area contributed by atoms with Crippen molar-refractivity contribution in [2.24, 2.45) is 0 Å². The lowest BCUT2D eigenvalue weighted by atomic mass is 10.1. The summed E-state index contributed by atoms with van der Waals surface area (Å²) in [7, 11) is 0. The normalized spacial score (nSPS) is 12.1. The van der Waals surface area contributed by atoms with Crippen molar-refractivity contribution in [3.8, 4) is 5.75 Å². The Morgan fingerprint density at radius 3 is 2.29 bits per heavy atom. The van der Waals surface area contributed by atoms with Gasteiger partial charge >= 0.3 is 18.2 Å². The van der Waals surface area contributed by atoms with Gasteiger partial charge in [0, 0.05) is 19.6 Å². The van der Waals surface area contributed by atoms with Crippen LogP contribution >= 0.6 is 0 Å². The summed E-state index contributed by atoms with van der Waals surface area (Å²) >= 11 is 0. The molecule has 0 aromatic heterocycles. The zero-order chi connectivity index (χ0) is 28.0. The summed E-state index contributed by atoms with van der Waals surface area (Å²) in [6, 6.07) is 11.2. The monoisotopic (exact) mass is 538 g/mol. The number of hydrogen-bond acceptors (Lipinski definition) is 4. The quantitative estimate of drug-likeness (QED) is 0.235. The van der Waals surface area contributed by atoms with Crippen molar-refractivity contribution >= 4 is 17.7 Å². The first-order chi connectivity index (χ1) is 18.2. The van der Waals surface area contributed by atoms with Gasteiger partial charge in [-0.1, -0.05) is 56.9 Å². The highest BCUT2D eigenvalue weighted by Crippen LogP contribution is 2.34. The number of carbonyl (C=O) groups excluding carboxylic acids is 1. The second-order valence-electron chi connectivity index (χ2n) is 8.85. The van der Waals surface area contributed by atoms with E-state index in [2.05, 4.69) is 12.2 Å². The first-order valence-electron chi connectivity index (χ1n) is 12.9. The minimum absolute atomic E-state index is 0.138. The van der Waals surface area contributed by atoms with Crippen LogP contribution in [0, 0.1) is 0 Å². The summed E-state index contributed by atoms with van der Waals surface area (Å²) in [6.07, 6.45) is -0.468. The Kier molecular flexibility index (Phi) is 12.9. The molecule has 0 aliphatic carbocycles. The van der Waals surface area contributed by atoms with E-state index in [1.165, 1.54) is 23.1 Å². The molecule has 0 aliphatic heterocycles. The number of anilines is 1. The average Bonchev–Trinajstić information content (AvgIpc) is 2.87. The van der Waals surface area contributed by atoms with Crippen LogP contribution in [-0.4, -0.2) is 54.4 Å². The molecule has 2 aromatic rings. The molecule has 7 nitrogen and oxygen atoms in total. The Hall–Kier alpha value is -3.27. The fourth-order valence-corrected chi connectivity index (χ4v) is 3.88. The van der Waals surface area contributed by atoms with Crippen LogP contribution in [0.3, 0.4) is 0 Å². The molecule has 0 saturated heterocycles. The van der Waals surface area contributed by atoms with Crippen LogP contribution in [0.2, 0.25) is 0 Å². The van der Waals surface area contributed by atoms with Crippen LogP contribution in [0.15, 0.2) is 48.5 Å². The third kappa shape index (κ3) is 10.6. The zero-order valence-electron chi connectivity index (χ0n) is 21.9. The molecule has 1 atom stereocenters. The van der Waals surface area contributed by atoms with Crippen LogP contribution in [0.25, 0.3) is 0 Å². The SMILES string of the molecule is CCCCCCCN(CCOc1ccc(CC(OCC)C(=O)O)cc1)C(=O)Nc1ccccc1C(F)(F)F. The van der Waals surface area contributed by atoms with Crippen LogP contribution < -0.4 is 10.1 Å². The van der Waals surface area contributed by atoms with Crippen molar-refractivity contribution < 1.29 is 37.3 Å². The predicted octanol–water partition coefficient (Wildman–Crippen LogP) is 6.62. The summed E-state index contributed by atoms with van der Waals surface area (Å²) in [5.74, 6) is -0.499. The average molecular weight is 539 g/mol. The second-order valence-corrected chi connectivity index (χ2v) is 8.85. The lowest BCUT2D eigenvalue weighted by Crippen LogP contribution is -2.39. The van der Waals surface area contributed by atoms with Crippen LogP contribution in [0.1, 0.15) is 57.1 Å². The third-order valence-electron chi connectivity index (χ3n) is 5.91. The van der Waals surface area contributed by atoms with Gasteiger partial charge in [0.1, 0.15) is 12.4 Å². The Morgan fingerprint density at radius 2 is 1.66 bits per heavy atom. The first kappa shape index (κ1) is 31.0. The molecule has 0 aliphatic rings. The number of halogens is 3. The number of rotatable bonds is 16. The van der Waals surface area contributed by atoms with Gasteiger partial charge in [-0.3, -0.25) is 0 Å². The van der Waals surface area contributed by atoms with E-state index in [-0.39, 0.29) is 25.3 Å². The van der Waals surface area contributed by atoms with Gasteiger partial charge in [0.25, 0.3) is 0 Å². The highest BCUT2D eigenvalue weighted by molar-refractivity contribution is 5.90. The van der Waals surface area contributed by atoms with Gasteiger partial charge in [-0.2, -0.15) is 13.2 Å². The van der Waals surface area contributed by atoms with E-state index in [0.717, 1.165) is 43.7 Å². The number of nitrogens with one attached hydrogen (secondary N) is 1. The van der Waals surface area contributed by atoms with Crippen molar-refractivity contribution in [2.45, 2.75) is 64.7 Å². The number of carboxylic acids is 1. The molecule has 210 valence electrons. The molecule has 10 heteroatoms. The Labute approximate surface area is 221 Å². The largest absolute Gasteiger partial charge is 0.492 e. The van der Waals surface area contributed by atoms with Gasteiger partial charge in [-0.05, 0) is 43.2 Å². The minimum Gasteiger partial charge on any atom is -0.492 e. The lowest BCUT2D eigenvalue weighted by molar-refractivity contribution is -0.150. The standard InChI is InChI=1S/C28H37F3N2O5/c1-3-5-6-7-10-17-33(27(36)32-24-12-9-8-11-23(24)28(29,30)31)18-19-38-22-15-13-21(14-16-22)20-25(26(34)35)37-4-2/h8-9,11-16,25H,3-7,10,17-20H2,1-2H3,(H,32,36)(H,34,35). The number of hydrogen-bond donors (Lipinski definition) is 2. The van der Waals surface area contributed by atoms with Gasteiger partial charge in [-0.15, -0.1) is 0 Å². The first-order valence-corrected chi connectivity index (χ1v) is 12.9. The van der Waals surface area contributed by atoms with Gasteiger partial charge < -0.3 is 24.8 Å². The van der Waals surface area contributed by atoms with Crippen molar-refractivity contribution in [3.63, 3.8) is 0 Å². The Bertz CT molecular complexity index is 999. The van der Waals surface area contributed by atoms with E-state index in [1.807, 2.05) is 0 Å². The Morgan fingerprint density at radius 1 is 0.974 bits per heavy atom. The number of nitrogens with zero attached hydrogens (tertiary/aromatic N) is 1. The molecular weight excluding hydrogens is 501 g/mol. The van der Waals surface area contributed by atoms with Gasteiger partial charge in [-0.25, -0.2) is 9.59 Å². The van der Waals surface area contributed by atoms with E-state index in [1.54, 1.807) is 31.2 Å². The lowest BCUT2D eigenvalue weighted by Gasteiger charge is -2.24. The number of unbranched alkanes of at least 4 members (excludes halogenated alkanes) is 4. The van der Waals surface area contributed by atoms with Crippen molar-refractivity contribution in [3.05, 3.63) is 59.7 Å². The van der Waals surface area contributed by atoms with Gasteiger partial charge in [0.15, 0.2) is 6.10 Å². The van der Waals surface area contributed by atoms with Crippen molar-refractivity contribution in [2.75, 3.05) is 31.6 Å². The molecule has 0 fully saturated rings. The summed E-state index contributed by atoms with van der Waals surface area (Å²) in [5.41, 5.74) is -0.416. The smallest absolute Gasteiger partial charge is 0.418 e. The molecule has 0 saturated carbocycles. The number of aliphatic carboxylic acids is 1. The topological polar surface area (TPSA) is 88.1 Å². The summed E-state index contributed by atoms with van der Waals surface area (Å²) < 4.78 is 51.1. The van der Waals surface area contributed by atoms with Gasteiger partial charge in [0.2, 0.25) is 0 Å². The molecule has 2 aromatic carbocycles. The Balaban J connectivity index is 1.99. The van der Waals surface area contributed by atoms with Gasteiger partial charge in [0.05, 0.1) is 17.8 Å². The molecule has 0 bridgehead atoms. The number of ether oxygens (including phenoxy) is 2. The van der Waals surface area contributed by atoms with Crippen LogP contribution in [0.5, 0.6) is 5.75 Å². The predicted molar refractivity (Wildman–Crippen MR) is 139 cm³/mol. The minimum atomic E-state index is -4.59. The summed E-state index contributed by atoms with van der Waals surface area (Å²) in [4.78, 5) is 25.7. The molecule has 2 rings (SSSR count). The maximum atomic E-state index is 13.4. The van der Waals surface area contributed by atoms with Crippen LogP contribution in [0.4, 0.5) is 23.7 Å². The highest BCUT2D eigenvalue weighted by atomic mass is 19.4. The zero-order valence-corrected chi connectivity index (χ0v) is 21.9. The maximum Gasteiger partial charge on any atom is 0.418 e. The maximum absolute atomic E-state index is 13.4. The molecule has 0 radical (unpaired) electrons. The number of carbonyl (C=O) groups is 2. The molecule has 0 heterocycles. The molecule has 38 heavy (non-hydrogen) atoms. The van der Waals surface area contributed by atoms with E-state index < -0.39 is 29.8 Å². The molecule has 0 spiro atoms. The number of alkyl halides is 3. The summed E-state index contributed by atoms with van der Waals surface area (Å²) in [5, 5.41) is 11.7. The van der Waals surface area contributed by atoms with E-state index in [9.17, 15) is 27.9 Å². The second kappa shape index (κ2) is 15.9. The molecular formula is C28H37F3N2O5. The number of para-hydroxylation sites is 1. The fourth-order valence-electron chi connectivity index (χ4n) is 3.88. The van der Waals surface area contributed by atoms with E-state index in [4.69, 9.17) is 9.47 Å². The number of benzene rings is 2. The molecule has 2 amide bonds. The van der Waals surface area contributed by atoms with E-state index in [0.29, 0.717) is 18.9 Å². The number of urea groups is 1. The highest BCUT2D eigenvalue weighted by Gasteiger charge is 2.34. The van der Waals surface area contributed by atoms with Crippen molar-refractivity contribution in [1.82, 2.24) is 4.90 Å². The van der Waals surface area contributed by atoms with Crippen molar-refractivity contribution in [1.29, 1.82) is 0 Å². The fraction of sp³-hybridized carbons (Fsp3) is 0.500. The number of amides is 2. The van der Waals surface area contributed by atoms with E-state index >= 15 is 0 Å². The molecule has 2 N–H and O–H groups in total. The molecule has 1 unspecified atom stereocenters. The third-order valence-corrected chi connectivity index (χ3v) is 5.91. The van der Waals surface area contributed by atoms with Crippen LogP contribution in [-0.2, 0) is 22.1 Å². The summed E-state index contributed by atoms with van der Waals surface area (Å²) in [6.45, 7) is 4.84.